The highest BCUT2D eigenvalue weighted by Crippen LogP contribution is 2.35. The first-order valence-corrected chi connectivity index (χ1v) is 21.0. The van der Waals surface area contributed by atoms with E-state index in [2.05, 4.69) is 25.8 Å². The third-order valence-corrected chi connectivity index (χ3v) is 13.0. The van der Waals surface area contributed by atoms with Gasteiger partial charge < -0.3 is 35.6 Å². The molecule has 4 atom stereocenters. The Morgan fingerprint density at radius 3 is 2.45 bits per heavy atom. The first kappa shape index (κ1) is 41.2. The Labute approximate surface area is 336 Å². The van der Waals surface area contributed by atoms with Crippen LogP contribution in [0, 0.1) is 12.3 Å². The van der Waals surface area contributed by atoms with E-state index in [-0.39, 0.29) is 43.1 Å². The van der Waals surface area contributed by atoms with Crippen molar-refractivity contribution in [3.05, 3.63) is 64.8 Å². The SMILES string of the molecule is Cc1ncsc1-c1ccc([C@H](C)NC(=O)C2C[C@@H](O)CN2C(=O)[C@](C)(NC(=O)CCCCNC(=O)c2cccc3sc(N4CCOCC4)nc23)C(C)(C)C)cc1. The number of unbranched alkanes of at least 4 members (excludes halogenated alkanes) is 1. The lowest BCUT2D eigenvalue weighted by Gasteiger charge is -2.44. The number of aryl methyl sites for hydroxylation is 1. The van der Waals surface area contributed by atoms with Crippen LogP contribution in [0.5, 0.6) is 0 Å². The summed E-state index contributed by atoms with van der Waals surface area (Å²) in [5.74, 6) is -1.31. The third kappa shape index (κ3) is 9.06. The molecule has 6 rings (SSSR count). The molecule has 2 aliphatic heterocycles. The van der Waals surface area contributed by atoms with Crippen LogP contribution in [0.1, 0.15) is 88.0 Å². The van der Waals surface area contributed by atoms with Gasteiger partial charge in [0.05, 0.1) is 57.2 Å². The van der Waals surface area contributed by atoms with Crippen molar-refractivity contribution in [1.29, 1.82) is 0 Å². The molecule has 2 aromatic carbocycles. The molecule has 56 heavy (non-hydrogen) atoms. The number of nitrogens with zero attached hydrogens (tertiary/aromatic N) is 4. The number of ether oxygens (including phenoxy) is 1. The molecule has 2 aromatic heterocycles. The van der Waals surface area contributed by atoms with E-state index < -0.39 is 29.0 Å². The van der Waals surface area contributed by atoms with Crippen molar-refractivity contribution in [1.82, 2.24) is 30.8 Å². The zero-order valence-electron chi connectivity index (χ0n) is 33.0. The van der Waals surface area contributed by atoms with E-state index in [0.717, 1.165) is 44.6 Å². The van der Waals surface area contributed by atoms with Crippen LogP contribution in [0.4, 0.5) is 5.13 Å². The predicted octanol–water partition coefficient (Wildman–Crippen LogP) is 5.23. The molecule has 0 bridgehead atoms. The van der Waals surface area contributed by atoms with Crippen LogP contribution in [0.15, 0.2) is 48.0 Å². The molecule has 1 unspecified atom stereocenters. The van der Waals surface area contributed by atoms with E-state index in [1.165, 1.54) is 4.90 Å². The van der Waals surface area contributed by atoms with Crippen molar-refractivity contribution in [2.24, 2.45) is 5.41 Å². The summed E-state index contributed by atoms with van der Waals surface area (Å²) in [7, 11) is 0. The smallest absolute Gasteiger partial charge is 0.253 e. The van der Waals surface area contributed by atoms with Gasteiger partial charge in [0.25, 0.3) is 5.91 Å². The number of rotatable bonds is 13. The Hall–Kier alpha value is -4.44. The number of likely N-dealkylation sites (tertiary alicyclic amines) is 1. The molecule has 300 valence electrons. The number of aromatic nitrogens is 2. The third-order valence-electron chi connectivity index (χ3n) is 11.0. The number of carbonyl (C=O) groups is 4. The lowest BCUT2D eigenvalue weighted by Crippen LogP contribution is -2.66. The minimum Gasteiger partial charge on any atom is -0.391 e. The number of β-amino-alcohol motifs (C(OH)–C–C–N with tert-alkyl or cyclic N) is 1. The van der Waals surface area contributed by atoms with Crippen molar-refractivity contribution in [2.75, 3.05) is 44.3 Å². The number of aliphatic hydroxyl groups is 1. The van der Waals surface area contributed by atoms with Gasteiger partial charge in [0.1, 0.15) is 11.6 Å². The molecule has 4 heterocycles. The second-order valence-electron chi connectivity index (χ2n) is 15.9. The summed E-state index contributed by atoms with van der Waals surface area (Å²) in [6.07, 6.45) is 0.401. The summed E-state index contributed by atoms with van der Waals surface area (Å²) in [5, 5.41) is 20.6. The van der Waals surface area contributed by atoms with Crippen molar-refractivity contribution in [3.8, 4) is 10.4 Å². The second kappa shape index (κ2) is 17.4. The molecule has 4 aromatic rings. The van der Waals surface area contributed by atoms with Crippen molar-refractivity contribution in [2.45, 2.75) is 91.0 Å². The molecule has 0 radical (unpaired) electrons. The van der Waals surface area contributed by atoms with E-state index in [1.54, 1.807) is 35.7 Å². The maximum atomic E-state index is 14.4. The maximum Gasteiger partial charge on any atom is 0.253 e. The van der Waals surface area contributed by atoms with Gasteiger partial charge in [0, 0.05) is 39.0 Å². The highest BCUT2D eigenvalue weighted by molar-refractivity contribution is 7.22. The number of thiazole rings is 2. The average Bonchev–Trinajstić information content (AvgIpc) is 3.92. The highest BCUT2D eigenvalue weighted by atomic mass is 32.1. The maximum absolute atomic E-state index is 14.4. The summed E-state index contributed by atoms with van der Waals surface area (Å²) in [6.45, 7) is 14.3. The number of fused-ring (bicyclic) bond motifs is 1. The predicted molar refractivity (Wildman–Crippen MR) is 220 cm³/mol. The first-order valence-electron chi connectivity index (χ1n) is 19.3. The van der Waals surface area contributed by atoms with E-state index in [0.29, 0.717) is 43.7 Å². The quantitative estimate of drug-likeness (QED) is 0.133. The van der Waals surface area contributed by atoms with Gasteiger partial charge in [0.2, 0.25) is 17.7 Å². The van der Waals surface area contributed by atoms with E-state index >= 15 is 0 Å². The van der Waals surface area contributed by atoms with Crippen molar-refractivity contribution < 1.29 is 29.0 Å². The molecule has 0 spiro atoms. The van der Waals surface area contributed by atoms with Gasteiger partial charge >= 0.3 is 0 Å². The van der Waals surface area contributed by atoms with Crippen LogP contribution < -0.4 is 20.9 Å². The highest BCUT2D eigenvalue weighted by Gasteiger charge is 2.51. The number of hydrogen-bond donors (Lipinski definition) is 4. The van der Waals surface area contributed by atoms with Gasteiger partial charge in [-0.05, 0) is 62.3 Å². The summed E-state index contributed by atoms with van der Waals surface area (Å²) >= 11 is 3.14. The monoisotopic (exact) mass is 803 g/mol. The van der Waals surface area contributed by atoms with Gasteiger partial charge in [-0.25, -0.2) is 9.97 Å². The fourth-order valence-corrected chi connectivity index (χ4v) is 8.95. The summed E-state index contributed by atoms with van der Waals surface area (Å²) < 4.78 is 6.41. The number of morpholine rings is 1. The molecule has 0 saturated carbocycles. The molecule has 4 amide bonds. The van der Waals surface area contributed by atoms with Crippen LogP contribution in [0.3, 0.4) is 0 Å². The molecule has 4 N–H and O–H groups in total. The summed E-state index contributed by atoms with van der Waals surface area (Å²) in [6, 6.07) is 12.3. The van der Waals surface area contributed by atoms with E-state index in [4.69, 9.17) is 9.72 Å². The fraction of sp³-hybridized carbons (Fsp3) is 0.512. The van der Waals surface area contributed by atoms with Gasteiger partial charge in [0.15, 0.2) is 5.13 Å². The minimum atomic E-state index is -1.37. The second-order valence-corrected chi connectivity index (χ2v) is 17.7. The molecule has 13 nitrogen and oxygen atoms in total. The number of hydrogen-bond acceptors (Lipinski definition) is 11. The van der Waals surface area contributed by atoms with Crippen LogP contribution in [-0.4, -0.2) is 101 Å². The zero-order valence-corrected chi connectivity index (χ0v) is 34.6. The Balaban J connectivity index is 1.02. The molecule has 2 fully saturated rings. The number of nitrogens with one attached hydrogen (secondary N) is 3. The summed E-state index contributed by atoms with van der Waals surface area (Å²) in [5.41, 5.74) is 3.83. The van der Waals surface area contributed by atoms with Gasteiger partial charge in [-0.3, -0.25) is 19.2 Å². The van der Waals surface area contributed by atoms with Crippen LogP contribution in [0.25, 0.3) is 20.7 Å². The minimum absolute atomic E-state index is 0.0153. The number of para-hydroxylation sites is 1. The molecular weight excluding hydrogens is 751 g/mol. The molecule has 2 saturated heterocycles. The fourth-order valence-electron chi connectivity index (χ4n) is 7.09. The number of benzene rings is 2. The lowest BCUT2D eigenvalue weighted by molar-refractivity contribution is -0.150. The Morgan fingerprint density at radius 1 is 1.04 bits per heavy atom. The number of amides is 4. The van der Waals surface area contributed by atoms with Crippen LogP contribution >= 0.6 is 22.7 Å². The van der Waals surface area contributed by atoms with Crippen LogP contribution in [-0.2, 0) is 19.1 Å². The van der Waals surface area contributed by atoms with Crippen molar-refractivity contribution >= 4 is 61.7 Å². The van der Waals surface area contributed by atoms with Gasteiger partial charge in [-0.2, -0.15) is 0 Å². The van der Waals surface area contributed by atoms with Gasteiger partial charge in [-0.1, -0.05) is 62.4 Å². The largest absolute Gasteiger partial charge is 0.391 e. The van der Waals surface area contributed by atoms with Crippen molar-refractivity contribution in [3.63, 3.8) is 0 Å². The molecule has 2 aliphatic rings. The standard InChI is InChI=1S/C41H53N7O6S2/c1-25(27-13-15-28(16-14-27)35-26(2)43-24-55-35)44-37(52)31-22-29(49)23-48(31)38(53)41(6,40(3,4)5)46-33(50)12-7-8-17-42-36(51)30-10-9-11-32-34(30)45-39(56-32)47-18-20-54-21-19-47/h9-11,13-16,24-25,29,31,49H,7-8,12,17-23H2,1-6H3,(H,42,51)(H,44,52)(H,46,50)/t25-,29+,31?,41-/m0/s1. The normalized spacial score (nSPS) is 19.1. The Kier molecular flexibility index (Phi) is 12.8. The van der Waals surface area contributed by atoms with Crippen LogP contribution in [0.2, 0.25) is 0 Å². The van der Waals surface area contributed by atoms with Gasteiger partial charge in [-0.15, -0.1) is 11.3 Å². The number of anilines is 1. The lowest BCUT2D eigenvalue weighted by atomic mass is 9.73. The molecule has 0 aliphatic carbocycles. The van der Waals surface area contributed by atoms with E-state index in [9.17, 15) is 24.3 Å². The first-order chi connectivity index (χ1) is 26.7. The van der Waals surface area contributed by atoms with E-state index in [1.807, 2.05) is 76.5 Å². The molecule has 15 heteroatoms. The number of carbonyl (C=O) groups excluding carboxylic acids is 4. The Bertz CT molecular complexity index is 2040. The zero-order chi connectivity index (χ0) is 40.2. The Morgan fingerprint density at radius 2 is 1.77 bits per heavy atom. The topological polar surface area (TPSA) is 166 Å². The summed E-state index contributed by atoms with van der Waals surface area (Å²) in [4.78, 5) is 68.5. The molecular formula is C41H53N7O6S2. The average molecular weight is 804 g/mol. The number of aliphatic hydroxyl groups excluding tert-OH is 1.